The molecule has 0 fully saturated rings. The molecule has 0 unspecified atom stereocenters. The highest BCUT2D eigenvalue weighted by molar-refractivity contribution is 7.22. The minimum absolute atomic E-state index is 0.141. The molecule has 30 heavy (non-hydrogen) atoms. The number of carbonyl (C=O) groups excluding carboxylic acids is 1. The van der Waals surface area contributed by atoms with Crippen molar-refractivity contribution in [2.45, 2.75) is 19.4 Å². The van der Waals surface area contributed by atoms with Crippen LogP contribution < -0.4 is 5.32 Å². The van der Waals surface area contributed by atoms with E-state index in [9.17, 15) is 18.7 Å². The second-order valence-electron chi connectivity index (χ2n) is 6.69. The van der Waals surface area contributed by atoms with E-state index in [0.717, 1.165) is 4.70 Å². The first-order chi connectivity index (χ1) is 14.4. The smallest absolute Gasteiger partial charge is 0.257 e. The SMILES string of the molecule is CC[C@@H](O)c1cnc(-c2ccc(C(=O)Nc3nc4cc(F)ccc4s3)cc2)c(F)c1. The topological polar surface area (TPSA) is 75.1 Å². The van der Waals surface area contributed by atoms with Gasteiger partial charge in [-0.3, -0.25) is 15.1 Å². The van der Waals surface area contributed by atoms with E-state index in [1.54, 1.807) is 37.3 Å². The molecular formula is C22H17F2N3O2S. The minimum atomic E-state index is -0.758. The summed E-state index contributed by atoms with van der Waals surface area (Å²) < 4.78 is 28.5. The Morgan fingerprint density at radius 2 is 1.93 bits per heavy atom. The summed E-state index contributed by atoms with van der Waals surface area (Å²) in [5.74, 6) is -1.31. The molecule has 5 nitrogen and oxygen atoms in total. The molecular weight excluding hydrogens is 408 g/mol. The largest absolute Gasteiger partial charge is 0.388 e. The van der Waals surface area contributed by atoms with Crippen LogP contribution in [-0.4, -0.2) is 21.0 Å². The molecule has 0 saturated heterocycles. The highest BCUT2D eigenvalue weighted by Gasteiger charge is 2.14. The van der Waals surface area contributed by atoms with Crippen molar-refractivity contribution >= 4 is 32.6 Å². The fourth-order valence-electron chi connectivity index (χ4n) is 2.99. The summed E-state index contributed by atoms with van der Waals surface area (Å²) in [7, 11) is 0. The summed E-state index contributed by atoms with van der Waals surface area (Å²) in [5.41, 5.74) is 1.91. The number of anilines is 1. The molecule has 1 atom stereocenters. The zero-order valence-electron chi connectivity index (χ0n) is 15.9. The number of nitrogens with zero attached hydrogens (tertiary/aromatic N) is 2. The normalized spacial score (nSPS) is 12.1. The molecule has 1 amide bonds. The van der Waals surface area contributed by atoms with Crippen LogP contribution in [0.5, 0.6) is 0 Å². The number of aromatic nitrogens is 2. The van der Waals surface area contributed by atoms with E-state index in [-0.39, 0.29) is 17.4 Å². The second kappa shape index (κ2) is 8.25. The number of nitrogens with one attached hydrogen (secondary N) is 1. The Balaban J connectivity index is 1.52. The molecule has 4 aromatic rings. The zero-order chi connectivity index (χ0) is 21.3. The Kier molecular flexibility index (Phi) is 5.52. The molecule has 4 rings (SSSR count). The second-order valence-corrected chi connectivity index (χ2v) is 7.72. The number of thiazole rings is 1. The van der Waals surface area contributed by atoms with Crippen molar-refractivity contribution < 1.29 is 18.7 Å². The summed E-state index contributed by atoms with van der Waals surface area (Å²) in [5, 5.41) is 12.9. The predicted molar refractivity (Wildman–Crippen MR) is 112 cm³/mol. The van der Waals surface area contributed by atoms with E-state index >= 15 is 0 Å². The number of hydrogen-bond donors (Lipinski definition) is 2. The van der Waals surface area contributed by atoms with E-state index in [1.165, 1.54) is 35.7 Å². The number of hydrogen-bond acceptors (Lipinski definition) is 5. The summed E-state index contributed by atoms with van der Waals surface area (Å²) >= 11 is 1.25. The van der Waals surface area contributed by atoms with Gasteiger partial charge in [0.25, 0.3) is 5.91 Å². The maximum absolute atomic E-state index is 14.4. The number of amides is 1. The van der Waals surface area contributed by atoms with Crippen LogP contribution in [0.4, 0.5) is 13.9 Å². The van der Waals surface area contributed by atoms with Crippen molar-refractivity contribution in [1.29, 1.82) is 0 Å². The van der Waals surface area contributed by atoms with Crippen molar-refractivity contribution in [1.82, 2.24) is 9.97 Å². The summed E-state index contributed by atoms with van der Waals surface area (Å²) in [6.07, 6.45) is 1.16. The Bertz CT molecular complexity index is 1230. The molecule has 0 spiro atoms. The maximum Gasteiger partial charge on any atom is 0.257 e. The Morgan fingerprint density at radius 3 is 2.63 bits per heavy atom. The van der Waals surface area contributed by atoms with E-state index in [1.807, 2.05) is 0 Å². The quantitative estimate of drug-likeness (QED) is 0.453. The van der Waals surface area contributed by atoms with Gasteiger partial charge in [-0.25, -0.2) is 13.8 Å². The van der Waals surface area contributed by atoms with Gasteiger partial charge in [0.05, 0.1) is 16.3 Å². The van der Waals surface area contributed by atoms with Gasteiger partial charge in [-0.2, -0.15) is 0 Å². The maximum atomic E-state index is 14.4. The van der Waals surface area contributed by atoms with Crippen LogP contribution in [0.1, 0.15) is 35.4 Å². The fraction of sp³-hybridized carbons (Fsp3) is 0.136. The number of rotatable bonds is 5. The molecule has 2 aromatic heterocycles. The molecule has 152 valence electrons. The highest BCUT2D eigenvalue weighted by Crippen LogP contribution is 2.28. The standard InChI is InChI=1S/C22H17F2N3O2S/c1-2-18(28)14-9-16(24)20(25-11-14)12-3-5-13(6-4-12)21(29)27-22-26-17-10-15(23)7-8-19(17)30-22/h3-11,18,28H,2H2,1H3,(H,26,27,29)/t18-/m1/s1. The Labute approximate surface area is 175 Å². The van der Waals surface area contributed by atoms with Gasteiger partial charge in [0.1, 0.15) is 17.3 Å². The number of pyridine rings is 1. The van der Waals surface area contributed by atoms with Gasteiger partial charge in [0.2, 0.25) is 0 Å². The minimum Gasteiger partial charge on any atom is -0.388 e. The van der Waals surface area contributed by atoms with Crippen LogP contribution in [0.3, 0.4) is 0 Å². The third-order valence-electron chi connectivity index (χ3n) is 4.62. The molecule has 2 heterocycles. The molecule has 2 aromatic carbocycles. The number of aliphatic hydroxyl groups is 1. The van der Waals surface area contributed by atoms with Crippen molar-refractivity contribution in [3.63, 3.8) is 0 Å². The Hall–Kier alpha value is -3.23. The molecule has 2 N–H and O–H groups in total. The summed E-state index contributed by atoms with van der Waals surface area (Å²) in [4.78, 5) is 20.8. The van der Waals surface area contributed by atoms with Crippen LogP contribution in [0.2, 0.25) is 0 Å². The lowest BCUT2D eigenvalue weighted by Gasteiger charge is -2.10. The molecule has 0 aliphatic rings. The van der Waals surface area contributed by atoms with Crippen LogP contribution in [0, 0.1) is 11.6 Å². The van der Waals surface area contributed by atoms with E-state index in [4.69, 9.17) is 0 Å². The first kappa shape index (κ1) is 20.1. The summed E-state index contributed by atoms with van der Waals surface area (Å²) in [6.45, 7) is 1.80. The number of fused-ring (bicyclic) bond motifs is 1. The molecule has 0 aliphatic carbocycles. The highest BCUT2D eigenvalue weighted by atomic mass is 32.1. The molecule has 0 saturated carbocycles. The third-order valence-corrected chi connectivity index (χ3v) is 5.58. The molecule has 8 heteroatoms. The lowest BCUT2D eigenvalue weighted by molar-refractivity contribution is 0.102. The predicted octanol–water partition coefficient (Wildman–Crippen LogP) is 5.33. The van der Waals surface area contributed by atoms with Gasteiger partial charge < -0.3 is 5.11 Å². The van der Waals surface area contributed by atoms with Crippen molar-refractivity contribution in [3.8, 4) is 11.3 Å². The number of carbonyl (C=O) groups is 1. The van der Waals surface area contributed by atoms with Gasteiger partial charge in [0, 0.05) is 29.0 Å². The van der Waals surface area contributed by atoms with Gasteiger partial charge in [0.15, 0.2) is 5.13 Å². The monoisotopic (exact) mass is 425 g/mol. The average Bonchev–Trinajstić information content (AvgIpc) is 3.14. The van der Waals surface area contributed by atoms with Gasteiger partial charge in [-0.1, -0.05) is 30.4 Å². The van der Waals surface area contributed by atoms with Crippen molar-refractivity contribution in [2.24, 2.45) is 0 Å². The zero-order valence-corrected chi connectivity index (χ0v) is 16.7. The first-order valence-electron chi connectivity index (χ1n) is 9.26. The number of halogens is 2. The fourth-order valence-corrected chi connectivity index (χ4v) is 3.83. The first-order valence-corrected chi connectivity index (χ1v) is 10.1. The van der Waals surface area contributed by atoms with Gasteiger partial charge >= 0.3 is 0 Å². The molecule has 0 aliphatic heterocycles. The number of benzene rings is 2. The molecule has 0 radical (unpaired) electrons. The Morgan fingerprint density at radius 1 is 1.17 bits per heavy atom. The van der Waals surface area contributed by atoms with Crippen LogP contribution >= 0.6 is 11.3 Å². The molecule has 0 bridgehead atoms. The average molecular weight is 425 g/mol. The van der Waals surface area contributed by atoms with E-state index in [0.29, 0.717) is 33.8 Å². The van der Waals surface area contributed by atoms with Crippen molar-refractivity contribution in [2.75, 3.05) is 5.32 Å². The lowest BCUT2D eigenvalue weighted by Crippen LogP contribution is -2.11. The van der Waals surface area contributed by atoms with Gasteiger partial charge in [-0.05, 0) is 36.8 Å². The van der Waals surface area contributed by atoms with Crippen LogP contribution in [-0.2, 0) is 0 Å². The van der Waals surface area contributed by atoms with Crippen molar-refractivity contribution in [3.05, 3.63) is 77.5 Å². The number of aliphatic hydroxyl groups excluding tert-OH is 1. The van der Waals surface area contributed by atoms with Gasteiger partial charge in [-0.15, -0.1) is 0 Å². The van der Waals surface area contributed by atoms with E-state index < -0.39 is 11.9 Å². The van der Waals surface area contributed by atoms with E-state index in [2.05, 4.69) is 15.3 Å². The lowest BCUT2D eigenvalue weighted by atomic mass is 10.0. The van der Waals surface area contributed by atoms with Crippen LogP contribution in [0.25, 0.3) is 21.5 Å². The summed E-state index contributed by atoms with van der Waals surface area (Å²) in [6, 6.07) is 11.9. The third kappa shape index (κ3) is 4.05. The van der Waals surface area contributed by atoms with Crippen LogP contribution in [0.15, 0.2) is 54.7 Å².